The third-order valence-electron chi connectivity index (χ3n) is 4.20. The molecule has 0 unspecified atom stereocenters. The molecule has 1 amide bonds. The van der Waals surface area contributed by atoms with Gasteiger partial charge in [-0.25, -0.2) is 0 Å². The number of rotatable bonds is 5. The second kappa shape index (κ2) is 7.90. The smallest absolute Gasteiger partial charge is 0.256 e. The van der Waals surface area contributed by atoms with Crippen LogP contribution in [-0.4, -0.2) is 22.8 Å². The molecule has 1 N–H and O–H groups in total. The lowest BCUT2D eigenvalue weighted by Gasteiger charge is -2.09. The van der Waals surface area contributed by atoms with Gasteiger partial charge in [0.25, 0.3) is 5.91 Å². The molecule has 3 aromatic rings. The Balaban J connectivity index is 1.84. The number of nitrogens with one attached hydrogen (secondary N) is 1. The fourth-order valence-electron chi connectivity index (χ4n) is 2.80. The van der Waals surface area contributed by atoms with E-state index in [1.807, 2.05) is 67.1 Å². The minimum Gasteiger partial charge on any atom is -0.497 e. The van der Waals surface area contributed by atoms with Crippen LogP contribution in [0, 0.1) is 17.4 Å². The third kappa shape index (κ3) is 3.90. The predicted molar refractivity (Wildman–Crippen MR) is 111 cm³/mol. The summed E-state index contributed by atoms with van der Waals surface area (Å²) in [5, 5.41) is 7.60. The predicted octanol–water partition coefficient (Wildman–Crippen LogP) is 4.41. The molecule has 0 aliphatic carbocycles. The topological polar surface area (TPSA) is 56.1 Å². The molecule has 0 aliphatic rings. The molecule has 1 heterocycles. The van der Waals surface area contributed by atoms with Crippen molar-refractivity contribution in [3.63, 3.8) is 0 Å². The summed E-state index contributed by atoms with van der Waals surface area (Å²) in [7, 11) is 1.65. The number of halogens is 1. The van der Waals surface area contributed by atoms with Crippen molar-refractivity contribution in [3.05, 3.63) is 74.6 Å². The van der Waals surface area contributed by atoms with Gasteiger partial charge in [0.2, 0.25) is 0 Å². The molecule has 6 heteroatoms. The van der Waals surface area contributed by atoms with Gasteiger partial charge in [0.15, 0.2) is 0 Å². The summed E-state index contributed by atoms with van der Waals surface area (Å²) in [5.74, 6) is 0.693. The van der Waals surface area contributed by atoms with Crippen molar-refractivity contribution < 1.29 is 9.53 Å². The molecule has 3 rings (SSSR count). The van der Waals surface area contributed by atoms with E-state index >= 15 is 0 Å². The molecule has 1 aromatic heterocycles. The van der Waals surface area contributed by atoms with Crippen molar-refractivity contribution in [2.24, 2.45) is 0 Å². The summed E-state index contributed by atoms with van der Waals surface area (Å²) in [4.78, 5) is 12.6. The molecule has 2 aromatic carbocycles. The van der Waals surface area contributed by atoms with Crippen LogP contribution in [0.3, 0.4) is 0 Å². The van der Waals surface area contributed by atoms with E-state index in [-0.39, 0.29) is 5.91 Å². The summed E-state index contributed by atoms with van der Waals surface area (Å²) in [5.41, 5.74) is 4.23. The lowest BCUT2D eigenvalue weighted by Crippen LogP contribution is -2.14. The van der Waals surface area contributed by atoms with E-state index in [1.165, 1.54) is 0 Å². The number of aromatic nitrogens is 2. The van der Waals surface area contributed by atoms with Crippen LogP contribution in [0.5, 0.6) is 5.75 Å². The van der Waals surface area contributed by atoms with E-state index in [4.69, 9.17) is 4.74 Å². The average Bonchev–Trinajstić information content (AvgIpc) is 2.89. The van der Waals surface area contributed by atoms with Crippen molar-refractivity contribution in [1.29, 1.82) is 0 Å². The van der Waals surface area contributed by atoms with Gasteiger partial charge in [0.1, 0.15) is 5.75 Å². The Bertz CT molecular complexity index is 950. The quantitative estimate of drug-likeness (QED) is 0.573. The zero-order valence-electron chi connectivity index (χ0n) is 14.9. The first kappa shape index (κ1) is 18.4. The Morgan fingerprint density at radius 2 is 1.96 bits per heavy atom. The van der Waals surface area contributed by atoms with Gasteiger partial charge < -0.3 is 10.1 Å². The Hall–Kier alpha value is -2.35. The maximum Gasteiger partial charge on any atom is 0.256 e. The second-order valence-electron chi connectivity index (χ2n) is 5.99. The van der Waals surface area contributed by atoms with Gasteiger partial charge in [0.05, 0.1) is 36.3 Å². The van der Waals surface area contributed by atoms with Crippen molar-refractivity contribution in [3.8, 4) is 5.75 Å². The van der Waals surface area contributed by atoms with Gasteiger partial charge >= 0.3 is 0 Å². The Kier molecular flexibility index (Phi) is 5.61. The summed E-state index contributed by atoms with van der Waals surface area (Å²) in [6, 6.07) is 15.4. The van der Waals surface area contributed by atoms with Gasteiger partial charge in [-0.05, 0) is 66.3 Å². The van der Waals surface area contributed by atoms with Crippen molar-refractivity contribution in [2.45, 2.75) is 20.4 Å². The van der Waals surface area contributed by atoms with E-state index in [2.05, 4.69) is 33.0 Å². The maximum atomic E-state index is 12.6. The average molecular weight is 461 g/mol. The molecule has 0 fully saturated rings. The van der Waals surface area contributed by atoms with Crippen LogP contribution < -0.4 is 10.1 Å². The van der Waals surface area contributed by atoms with Crippen LogP contribution in [0.25, 0.3) is 0 Å². The first-order valence-corrected chi connectivity index (χ1v) is 9.30. The van der Waals surface area contributed by atoms with Crippen LogP contribution in [-0.2, 0) is 6.54 Å². The van der Waals surface area contributed by atoms with Crippen molar-refractivity contribution >= 4 is 34.2 Å². The van der Waals surface area contributed by atoms with E-state index in [0.717, 1.165) is 32.0 Å². The first-order chi connectivity index (χ1) is 12.5. The molecule has 134 valence electrons. The van der Waals surface area contributed by atoms with Gasteiger partial charge in [-0.3, -0.25) is 9.48 Å². The molecule has 0 radical (unpaired) electrons. The Morgan fingerprint density at radius 3 is 2.69 bits per heavy atom. The van der Waals surface area contributed by atoms with Crippen LogP contribution in [0.4, 0.5) is 5.69 Å². The highest BCUT2D eigenvalue weighted by atomic mass is 127. The summed E-state index contributed by atoms with van der Waals surface area (Å²) in [6.45, 7) is 4.48. The van der Waals surface area contributed by atoms with Crippen LogP contribution in [0.15, 0.2) is 48.5 Å². The summed E-state index contributed by atoms with van der Waals surface area (Å²) >= 11 is 2.17. The minimum atomic E-state index is -0.123. The molecule has 26 heavy (non-hydrogen) atoms. The monoisotopic (exact) mass is 461 g/mol. The Morgan fingerprint density at radius 1 is 1.19 bits per heavy atom. The molecule has 0 saturated heterocycles. The van der Waals surface area contributed by atoms with Gasteiger partial charge in [-0.1, -0.05) is 24.3 Å². The molecule has 0 spiro atoms. The fraction of sp³-hybridized carbons (Fsp3) is 0.200. The van der Waals surface area contributed by atoms with E-state index < -0.39 is 0 Å². The lowest BCUT2D eigenvalue weighted by atomic mass is 10.2. The highest BCUT2D eigenvalue weighted by Gasteiger charge is 2.16. The number of aryl methyl sites for hydroxylation is 1. The SMILES string of the molecule is COc1cccc(Cn2nc(C)c(NC(=O)c3ccccc3I)c2C)c1. The zero-order chi connectivity index (χ0) is 18.7. The summed E-state index contributed by atoms with van der Waals surface area (Å²) < 4.78 is 8.09. The van der Waals surface area contributed by atoms with Crippen LogP contribution >= 0.6 is 22.6 Å². The maximum absolute atomic E-state index is 12.6. The highest BCUT2D eigenvalue weighted by molar-refractivity contribution is 14.1. The van der Waals surface area contributed by atoms with E-state index in [0.29, 0.717) is 12.1 Å². The second-order valence-corrected chi connectivity index (χ2v) is 7.15. The standard InChI is InChI=1S/C20H20IN3O2/c1-13-19(22-20(25)17-9-4-5-10-18(17)21)14(2)24(23-13)12-15-7-6-8-16(11-15)26-3/h4-11H,12H2,1-3H3,(H,22,25). The zero-order valence-corrected chi connectivity index (χ0v) is 17.1. The number of nitrogens with zero attached hydrogens (tertiary/aromatic N) is 2. The van der Waals surface area contributed by atoms with E-state index in [9.17, 15) is 4.79 Å². The number of ether oxygens (including phenoxy) is 1. The van der Waals surface area contributed by atoms with Crippen LogP contribution in [0.1, 0.15) is 27.3 Å². The normalized spacial score (nSPS) is 10.6. The largest absolute Gasteiger partial charge is 0.497 e. The number of benzene rings is 2. The lowest BCUT2D eigenvalue weighted by molar-refractivity contribution is 0.102. The third-order valence-corrected chi connectivity index (χ3v) is 5.15. The number of methoxy groups -OCH3 is 1. The minimum absolute atomic E-state index is 0.123. The highest BCUT2D eigenvalue weighted by Crippen LogP contribution is 2.23. The number of amides is 1. The van der Waals surface area contributed by atoms with Gasteiger partial charge in [0, 0.05) is 3.57 Å². The van der Waals surface area contributed by atoms with Crippen molar-refractivity contribution in [2.75, 3.05) is 12.4 Å². The van der Waals surface area contributed by atoms with Gasteiger partial charge in [-0.2, -0.15) is 5.10 Å². The molecular weight excluding hydrogens is 441 g/mol. The number of carbonyl (C=O) groups excluding carboxylic acids is 1. The Labute approximate surface area is 166 Å². The molecule has 0 atom stereocenters. The van der Waals surface area contributed by atoms with Crippen LogP contribution in [0.2, 0.25) is 0 Å². The number of carbonyl (C=O) groups is 1. The molecule has 0 bridgehead atoms. The molecule has 0 saturated carbocycles. The molecule has 0 aliphatic heterocycles. The van der Waals surface area contributed by atoms with Gasteiger partial charge in [-0.15, -0.1) is 0 Å². The fourth-order valence-corrected chi connectivity index (χ4v) is 3.43. The molecular formula is C20H20IN3O2. The number of hydrogen-bond donors (Lipinski definition) is 1. The van der Waals surface area contributed by atoms with E-state index in [1.54, 1.807) is 7.11 Å². The van der Waals surface area contributed by atoms with Crippen molar-refractivity contribution in [1.82, 2.24) is 9.78 Å². The summed E-state index contributed by atoms with van der Waals surface area (Å²) in [6.07, 6.45) is 0. The number of anilines is 1. The molecule has 5 nitrogen and oxygen atoms in total. The number of hydrogen-bond acceptors (Lipinski definition) is 3. The first-order valence-electron chi connectivity index (χ1n) is 8.22.